The van der Waals surface area contributed by atoms with Gasteiger partial charge in [-0.1, -0.05) is 6.07 Å². The molecule has 0 amide bonds. The van der Waals surface area contributed by atoms with Gasteiger partial charge in [0.05, 0.1) is 12.0 Å². The molecule has 1 aromatic carbocycles. The van der Waals surface area contributed by atoms with Gasteiger partial charge in [-0.3, -0.25) is 10.1 Å². The van der Waals surface area contributed by atoms with E-state index in [0.29, 0.717) is 17.4 Å². The largest absolute Gasteiger partial charge is 0.490 e. The standard InChI is InChI=1S/C12H16N2O3S/c1-17-11-4-2-3-10(12(11)14(15)16)13-7-9-5-6-18-8-9/h2-4,9,13H,5-8H2,1H3. The molecule has 6 heteroatoms. The Morgan fingerprint density at radius 2 is 2.44 bits per heavy atom. The predicted molar refractivity (Wildman–Crippen MR) is 73.6 cm³/mol. The number of nitrogens with one attached hydrogen (secondary N) is 1. The van der Waals surface area contributed by atoms with Crippen molar-refractivity contribution in [2.75, 3.05) is 30.5 Å². The lowest BCUT2D eigenvalue weighted by Crippen LogP contribution is -2.14. The van der Waals surface area contributed by atoms with Crippen LogP contribution in [0.1, 0.15) is 6.42 Å². The minimum absolute atomic E-state index is 0.0191. The molecule has 1 aromatic rings. The molecule has 0 saturated carbocycles. The number of nitro groups is 1. The molecule has 0 aliphatic carbocycles. The molecule has 5 nitrogen and oxygen atoms in total. The molecule has 1 N–H and O–H groups in total. The number of nitrogens with zero attached hydrogens (tertiary/aromatic N) is 1. The van der Waals surface area contributed by atoms with Crippen molar-refractivity contribution in [2.45, 2.75) is 6.42 Å². The summed E-state index contributed by atoms with van der Waals surface area (Å²) < 4.78 is 5.03. The summed E-state index contributed by atoms with van der Waals surface area (Å²) in [5.74, 6) is 3.21. The third-order valence-corrected chi connectivity index (χ3v) is 4.24. The van der Waals surface area contributed by atoms with Gasteiger partial charge in [-0.2, -0.15) is 11.8 Å². The van der Waals surface area contributed by atoms with Crippen LogP contribution in [0.15, 0.2) is 18.2 Å². The zero-order valence-electron chi connectivity index (χ0n) is 10.2. The number of nitro benzene ring substituents is 1. The Bertz CT molecular complexity index is 433. The predicted octanol–water partition coefficient (Wildman–Crippen LogP) is 2.77. The van der Waals surface area contributed by atoms with Gasteiger partial charge in [-0.05, 0) is 36.0 Å². The summed E-state index contributed by atoms with van der Waals surface area (Å²) in [5, 5.41) is 14.3. The average molecular weight is 268 g/mol. The molecule has 1 aliphatic rings. The number of anilines is 1. The molecule has 0 aromatic heterocycles. The Hall–Kier alpha value is -1.43. The Morgan fingerprint density at radius 3 is 3.06 bits per heavy atom. The lowest BCUT2D eigenvalue weighted by molar-refractivity contribution is -0.384. The van der Waals surface area contributed by atoms with E-state index in [-0.39, 0.29) is 5.69 Å². The van der Waals surface area contributed by atoms with E-state index < -0.39 is 4.92 Å². The molecule has 98 valence electrons. The average Bonchev–Trinajstić information content (AvgIpc) is 2.88. The van der Waals surface area contributed by atoms with Crippen molar-refractivity contribution in [1.82, 2.24) is 0 Å². The maximum absolute atomic E-state index is 11.1. The zero-order chi connectivity index (χ0) is 13.0. The second-order valence-corrected chi connectivity index (χ2v) is 5.37. The number of rotatable bonds is 5. The molecular formula is C12H16N2O3S. The SMILES string of the molecule is COc1cccc(NCC2CCSC2)c1[N+](=O)[O-]. The highest BCUT2D eigenvalue weighted by atomic mass is 32.2. The zero-order valence-corrected chi connectivity index (χ0v) is 11.0. The van der Waals surface area contributed by atoms with E-state index in [1.165, 1.54) is 19.3 Å². The van der Waals surface area contributed by atoms with E-state index in [2.05, 4.69) is 5.32 Å². The van der Waals surface area contributed by atoms with Crippen molar-refractivity contribution < 1.29 is 9.66 Å². The number of thioether (sulfide) groups is 1. The van der Waals surface area contributed by atoms with Gasteiger partial charge in [0.1, 0.15) is 5.69 Å². The van der Waals surface area contributed by atoms with E-state index >= 15 is 0 Å². The molecule has 1 saturated heterocycles. The van der Waals surface area contributed by atoms with Crippen LogP contribution in [-0.2, 0) is 0 Å². The highest BCUT2D eigenvalue weighted by Crippen LogP contribution is 2.35. The van der Waals surface area contributed by atoms with Crippen molar-refractivity contribution in [1.29, 1.82) is 0 Å². The summed E-state index contributed by atoms with van der Waals surface area (Å²) in [6.07, 6.45) is 1.18. The fraction of sp³-hybridized carbons (Fsp3) is 0.500. The van der Waals surface area contributed by atoms with Gasteiger partial charge in [-0.15, -0.1) is 0 Å². The molecule has 1 fully saturated rings. The second-order valence-electron chi connectivity index (χ2n) is 4.22. The Balaban J connectivity index is 2.13. The van der Waals surface area contributed by atoms with Crippen LogP contribution in [0, 0.1) is 16.0 Å². The number of ether oxygens (including phenoxy) is 1. The van der Waals surface area contributed by atoms with Gasteiger partial charge in [0.25, 0.3) is 0 Å². The van der Waals surface area contributed by atoms with Crippen molar-refractivity contribution >= 4 is 23.1 Å². The maximum atomic E-state index is 11.1. The first kappa shape index (κ1) is 13.0. The van der Waals surface area contributed by atoms with Crippen LogP contribution >= 0.6 is 11.8 Å². The van der Waals surface area contributed by atoms with Crippen LogP contribution in [0.2, 0.25) is 0 Å². The van der Waals surface area contributed by atoms with Crippen LogP contribution in [0.25, 0.3) is 0 Å². The fourth-order valence-corrected chi connectivity index (χ4v) is 3.30. The van der Waals surface area contributed by atoms with Crippen LogP contribution in [0.4, 0.5) is 11.4 Å². The van der Waals surface area contributed by atoms with E-state index in [1.54, 1.807) is 18.2 Å². The Labute approximate surface area is 110 Å². The van der Waals surface area contributed by atoms with E-state index in [1.807, 2.05) is 11.8 Å². The summed E-state index contributed by atoms with van der Waals surface area (Å²) >= 11 is 1.94. The summed E-state index contributed by atoms with van der Waals surface area (Å²) in [6, 6.07) is 5.09. The molecule has 0 radical (unpaired) electrons. The molecule has 1 aliphatic heterocycles. The topological polar surface area (TPSA) is 64.4 Å². The highest BCUT2D eigenvalue weighted by Gasteiger charge is 2.22. The number of para-hydroxylation sites is 1. The van der Waals surface area contributed by atoms with E-state index in [9.17, 15) is 10.1 Å². The third kappa shape index (κ3) is 2.87. The smallest absolute Gasteiger partial charge is 0.333 e. The minimum Gasteiger partial charge on any atom is -0.490 e. The first-order valence-electron chi connectivity index (χ1n) is 5.85. The summed E-state index contributed by atoms with van der Waals surface area (Å²) in [5.41, 5.74) is 0.557. The molecular weight excluding hydrogens is 252 g/mol. The monoisotopic (exact) mass is 268 g/mol. The molecule has 0 spiro atoms. The second kappa shape index (κ2) is 5.95. The lowest BCUT2D eigenvalue weighted by Gasteiger charge is -2.12. The summed E-state index contributed by atoms with van der Waals surface area (Å²) in [4.78, 5) is 10.7. The van der Waals surface area contributed by atoms with E-state index in [0.717, 1.165) is 12.3 Å². The maximum Gasteiger partial charge on any atom is 0.333 e. The quantitative estimate of drug-likeness (QED) is 0.657. The Morgan fingerprint density at radius 1 is 1.61 bits per heavy atom. The van der Waals surface area contributed by atoms with Gasteiger partial charge in [0.15, 0.2) is 5.75 Å². The van der Waals surface area contributed by atoms with Crippen molar-refractivity contribution in [3.63, 3.8) is 0 Å². The van der Waals surface area contributed by atoms with E-state index in [4.69, 9.17) is 4.74 Å². The van der Waals surface area contributed by atoms with Crippen molar-refractivity contribution in [3.8, 4) is 5.75 Å². The minimum atomic E-state index is -0.398. The fourth-order valence-electron chi connectivity index (χ4n) is 2.02. The van der Waals surface area contributed by atoms with Crippen LogP contribution in [0.3, 0.4) is 0 Å². The van der Waals surface area contributed by atoms with Crippen LogP contribution < -0.4 is 10.1 Å². The van der Waals surface area contributed by atoms with Gasteiger partial charge in [-0.25, -0.2) is 0 Å². The number of methoxy groups -OCH3 is 1. The molecule has 1 atom stereocenters. The summed E-state index contributed by atoms with van der Waals surface area (Å²) in [7, 11) is 1.44. The van der Waals surface area contributed by atoms with Crippen LogP contribution in [0.5, 0.6) is 5.75 Å². The lowest BCUT2D eigenvalue weighted by atomic mass is 10.1. The van der Waals surface area contributed by atoms with Gasteiger partial charge < -0.3 is 10.1 Å². The highest BCUT2D eigenvalue weighted by molar-refractivity contribution is 7.99. The van der Waals surface area contributed by atoms with Gasteiger partial charge in [0.2, 0.25) is 0 Å². The van der Waals surface area contributed by atoms with Gasteiger partial charge >= 0.3 is 5.69 Å². The molecule has 1 unspecified atom stereocenters. The van der Waals surface area contributed by atoms with Gasteiger partial charge in [0, 0.05) is 6.54 Å². The third-order valence-electron chi connectivity index (χ3n) is 3.01. The van der Waals surface area contributed by atoms with Crippen molar-refractivity contribution in [3.05, 3.63) is 28.3 Å². The van der Waals surface area contributed by atoms with Crippen molar-refractivity contribution in [2.24, 2.45) is 5.92 Å². The number of hydrogen-bond donors (Lipinski definition) is 1. The Kier molecular flexibility index (Phi) is 4.30. The molecule has 1 heterocycles. The summed E-state index contributed by atoms with van der Waals surface area (Å²) in [6.45, 7) is 0.779. The van der Waals surface area contributed by atoms with Crippen LogP contribution in [-0.4, -0.2) is 30.1 Å². The molecule has 2 rings (SSSR count). The number of hydrogen-bond acceptors (Lipinski definition) is 5. The number of benzene rings is 1. The molecule has 0 bridgehead atoms. The molecule has 18 heavy (non-hydrogen) atoms. The first-order valence-corrected chi connectivity index (χ1v) is 7.01. The first-order chi connectivity index (χ1) is 8.72. The normalized spacial score (nSPS) is 18.6.